The van der Waals surface area contributed by atoms with Crippen molar-refractivity contribution in [1.82, 2.24) is 0 Å². The van der Waals surface area contributed by atoms with E-state index in [9.17, 15) is 0 Å². The molecule has 0 fully saturated rings. The van der Waals surface area contributed by atoms with Crippen LogP contribution in [0.15, 0.2) is 158 Å². The zero-order chi connectivity index (χ0) is 40.5. The monoisotopic (exact) mass is 767 g/mol. The lowest BCUT2D eigenvalue weighted by Gasteiger charge is -2.42. The number of hydrogen-bond donors (Lipinski definition) is 0. The van der Waals surface area contributed by atoms with Crippen molar-refractivity contribution in [3.63, 3.8) is 0 Å². The van der Waals surface area contributed by atoms with Crippen LogP contribution in [0.3, 0.4) is 0 Å². The van der Waals surface area contributed by atoms with Crippen molar-refractivity contribution in [3.05, 3.63) is 208 Å². The number of aryl methyl sites for hydroxylation is 2. The van der Waals surface area contributed by atoms with E-state index in [1.165, 1.54) is 116 Å². The van der Waals surface area contributed by atoms with Gasteiger partial charge in [-0.15, -0.1) is 0 Å². The second-order valence-corrected chi connectivity index (χ2v) is 19.2. The van der Waals surface area contributed by atoms with E-state index < -0.39 is 5.41 Å². The summed E-state index contributed by atoms with van der Waals surface area (Å²) in [4.78, 5) is 2.60. The molecule has 0 aromatic heterocycles. The quantitative estimate of drug-likeness (QED) is 0.156. The molecule has 0 heterocycles. The molecule has 3 aliphatic carbocycles. The molecule has 10 rings (SSSR count). The van der Waals surface area contributed by atoms with E-state index in [2.05, 4.69) is 204 Å². The maximum absolute atomic E-state index is 2.61. The van der Waals surface area contributed by atoms with Gasteiger partial charge >= 0.3 is 0 Å². The molecule has 0 atom stereocenters. The zero-order valence-electron chi connectivity index (χ0n) is 35.8. The molecule has 3 aliphatic rings. The van der Waals surface area contributed by atoms with Gasteiger partial charge in [-0.3, -0.25) is 0 Å². The van der Waals surface area contributed by atoms with Gasteiger partial charge in [0, 0.05) is 16.9 Å². The lowest BCUT2D eigenvalue weighted by Crippen LogP contribution is -2.34. The van der Waals surface area contributed by atoms with Crippen LogP contribution in [0.1, 0.15) is 123 Å². The van der Waals surface area contributed by atoms with Gasteiger partial charge in [0.05, 0.1) is 11.1 Å². The second-order valence-electron chi connectivity index (χ2n) is 19.2. The molecule has 0 radical (unpaired) electrons. The van der Waals surface area contributed by atoms with E-state index in [4.69, 9.17) is 0 Å². The minimum atomic E-state index is -0.511. The fourth-order valence-electron chi connectivity index (χ4n) is 11.1. The summed E-state index contributed by atoms with van der Waals surface area (Å²) in [5.74, 6) is 0.371. The number of anilines is 3. The third-order valence-corrected chi connectivity index (χ3v) is 14.4. The van der Waals surface area contributed by atoms with Crippen molar-refractivity contribution in [1.29, 1.82) is 0 Å². The van der Waals surface area contributed by atoms with Crippen LogP contribution in [0.25, 0.3) is 22.3 Å². The lowest BCUT2D eigenvalue weighted by molar-refractivity contribution is 0.332. The predicted octanol–water partition coefficient (Wildman–Crippen LogP) is 15.5. The Morgan fingerprint density at radius 1 is 0.441 bits per heavy atom. The first-order valence-corrected chi connectivity index (χ1v) is 22.1. The smallest absolute Gasteiger partial charge is 0.0714 e. The summed E-state index contributed by atoms with van der Waals surface area (Å²) in [5.41, 5.74) is 21.3. The molecule has 7 aromatic carbocycles. The highest BCUT2D eigenvalue weighted by atomic mass is 15.1. The van der Waals surface area contributed by atoms with Gasteiger partial charge in [0.25, 0.3) is 0 Å². The van der Waals surface area contributed by atoms with Crippen LogP contribution in [0.2, 0.25) is 0 Å². The van der Waals surface area contributed by atoms with Gasteiger partial charge in [-0.05, 0) is 158 Å². The molecule has 1 nitrogen and oxygen atoms in total. The minimum Gasteiger partial charge on any atom is -0.310 e. The van der Waals surface area contributed by atoms with Crippen molar-refractivity contribution in [2.24, 2.45) is 0 Å². The number of rotatable bonds is 7. The van der Waals surface area contributed by atoms with E-state index in [-0.39, 0.29) is 10.8 Å². The normalized spacial score (nSPS) is 16.8. The van der Waals surface area contributed by atoms with E-state index >= 15 is 0 Å². The van der Waals surface area contributed by atoms with Crippen LogP contribution < -0.4 is 4.90 Å². The molecular formula is C58H57N. The molecular weight excluding hydrogens is 711 g/mol. The molecule has 0 spiro atoms. The van der Waals surface area contributed by atoms with E-state index in [1.807, 2.05) is 0 Å². The van der Waals surface area contributed by atoms with E-state index in [0.29, 0.717) is 5.92 Å². The maximum Gasteiger partial charge on any atom is 0.0714 e. The van der Waals surface area contributed by atoms with Gasteiger partial charge in [0.1, 0.15) is 0 Å². The van der Waals surface area contributed by atoms with Crippen molar-refractivity contribution < 1.29 is 0 Å². The van der Waals surface area contributed by atoms with Gasteiger partial charge in [-0.25, -0.2) is 0 Å². The summed E-state index contributed by atoms with van der Waals surface area (Å²) >= 11 is 0. The average molecular weight is 768 g/mol. The van der Waals surface area contributed by atoms with Crippen LogP contribution in [-0.4, -0.2) is 0 Å². The highest BCUT2D eigenvalue weighted by Gasteiger charge is 2.47. The summed E-state index contributed by atoms with van der Waals surface area (Å²) in [6.07, 6.45) is 7.22. The topological polar surface area (TPSA) is 3.24 Å². The van der Waals surface area contributed by atoms with Crippen LogP contribution in [0.5, 0.6) is 0 Å². The number of para-hydroxylation sites is 1. The van der Waals surface area contributed by atoms with E-state index in [1.54, 1.807) is 5.56 Å². The molecule has 0 aliphatic heterocycles. The Kier molecular flexibility index (Phi) is 9.09. The Morgan fingerprint density at radius 3 is 1.66 bits per heavy atom. The number of benzene rings is 7. The molecule has 7 aromatic rings. The van der Waals surface area contributed by atoms with Crippen LogP contribution in [-0.2, 0) is 29.1 Å². The fraction of sp³-hybridized carbons (Fsp3) is 0.276. The van der Waals surface area contributed by atoms with Gasteiger partial charge in [0.15, 0.2) is 0 Å². The van der Waals surface area contributed by atoms with Crippen molar-refractivity contribution in [2.75, 3.05) is 4.90 Å². The number of nitrogens with zero attached hydrogens (tertiary/aromatic N) is 1. The molecule has 59 heavy (non-hydrogen) atoms. The van der Waals surface area contributed by atoms with Crippen LogP contribution in [0, 0.1) is 0 Å². The molecule has 1 heteroatoms. The summed E-state index contributed by atoms with van der Waals surface area (Å²) in [5, 5.41) is 0. The Morgan fingerprint density at radius 2 is 1.02 bits per heavy atom. The molecule has 0 N–H and O–H groups in total. The second kappa shape index (κ2) is 14.3. The summed E-state index contributed by atoms with van der Waals surface area (Å²) in [6, 6.07) is 60.7. The summed E-state index contributed by atoms with van der Waals surface area (Å²) in [7, 11) is 0. The highest BCUT2D eigenvalue weighted by molar-refractivity contribution is 5.97. The molecule has 0 amide bonds. The first-order valence-electron chi connectivity index (χ1n) is 22.1. The molecule has 0 saturated carbocycles. The summed E-state index contributed by atoms with van der Waals surface area (Å²) in [6.45, 7) is 14.5. The van der Waals surface area contributed by atoms with Crippen molar-refractivity contribution >= 4 is 17.1 Å². The number of fused-ring (bicyclic) bond motifs is 5. The standard InChI is InChI=1S/C58H57N/c1-39(2)47-34-40-20-16-17-21-41(40)35-48(47)50-37-49-46-28-18-19-29-51(46)58(42-22-10-7-11-23-42,43-24-12-8-13-25-43)53(49)38-55(50)59(44-26-14-9-15-27-44)45-30-31-52-54(36-45)57(5,6)33-32-56(52,3)4/h7-15,18-19,22-31,34-39H,16-17,20-21,32-33H2,1-6H3. The Bertz CT molecular complexity index is 2640. The first-order chi connectivity index (χ1) is 28.6. The zero-order valence-corrected chi connectivity index (χ0v) is 35.8. The highest BCUT2D eigenvalue weighted by Crippen LogP contribution is 2.59. The van der Waals surface area contributed by atoms with Crippen LogP contribution >= 0.6 is 0 Å². The number of hydrogen-bond acceptors (Lipinski definition) is 1. The van der Waals surface area contributed by atoms with Gasteiger partial charge in [-0.1, -0.05) is 163 Å². The summed E-state index contributed by atoms with van der Waals surface area (Å²) < 4.78 is 0. The largest absolute Gasteiger partial charge is 0.310 e. The Balaban J connectivity index is 1.35. The van der Waals surface area contributed by atoms with E-state index in [0.717, 1.165) is 6.42 Å². The third-order valence-electron chi connectivity index (χ3n) is 14.4. The average Bonchev–Trinajstić information content (AvgIpc) is 3.55. The molecule has 0 bridgehead atoms. The predicted molar refractivity (Wildman–Crippen MR) is 250 cm³/mol. The molecule has 0 saturated heterocycles. The SMILES string of the molecule is CC(C)c1cc2c(cc1-c1cc3c(cc1N(c1ccccc1)c1ccc4c(c1)C(C)(C)CCC4(C)C)C(c1ccccc1)(c1ccccc1)c1ccccc1-3)CCCC2. The van der Waals surface area contributed by atoms with Crippen molar-refractivity contribution in [3.8, 4) is 22.3 Å². The third kappa shape index (κ3) is 6.03. The first kappa shape index (κ1) is 37.6. The van der Waals surface area contributed by atoms with Gasteiger partial charge in [0.2, 0.25) is 0 Å². The maximum atomic E-state index is 2.61. The van der Waals surface area contributed by atoms with Crippen molar-refractivity contribution in [2.45, 2.75) is 102 Å². The Labute approximate surface area is 352 Å². The minimum absolute atomic E-state index is 0.0741. The van der Waals surface area contributed by atoms with Crippen LogP contribution in [0.4, 0.5) is 17.1 Å². The van der Waals surface area contributed by atoms with Gasteiger partial charge in [-0.2, -0.15) is 0 Å². The molecule has 0 unspecified atom stereocenters. The lowest BCUT2D eigenvalue weighted by atomic mass is 9.63. The van der Waals surface area contributed by atoms with Gasteiger partial charge < -0.3 is 4.90 Å². The fourth-order valence-corrected chi connectivity index (χ4v) is 11.1. The molecule has 294 valence electrons. The Hall–Kier alpha value is -5.66.